The Kier molecular flexibility index (Phi) is 4.76. The number of aryl methyl sites for hydroxylation is 1. The summed E-state index contributed by atoms with van der Waals surface area (Å²) < 4.78 is 0. The molecule has 2 aromatic rings. The lowest BCUT2D eigenvalue weighted by atomic mass is 10.1. The van der Waals surface area contributed by atoms with Gasteiger partial charge in [0.15, 0.2) is 5.16 Å². The highest BCUT2D eigenvalue weighted by atomic mass is 35.5. The number of aromatic nitrogens is 2. The molecule has 0 spiro atoms. The lowest BCUT2D eigenvalue weighted by Gasteiger charge is -2.04. The van der Waals surface area contributed by atoms with Gasteiger partial charge in [-0.05, 0) is 13.0 Å². The average Bonchev–Trinajstić information content (AvgIpc) is 2.39. The van der Waals surface area contributed by atoms with E-state index in [1.165, 1.54) is 11.8 Å². The highest BCUT2D eigenvalue weighted by Gasteiger charge is 2.07. The normalized spacial score (nSPS) is 11.6. The third-order valence-electron chi connectivity index (χ3n) is 2.37. The topological polar surface area (TPSA) is 58.4 Å². The maximum atomic E-state index is 9.07. The first kappa shape index (κ1) is 13.8. The standard InChI is InChI=1S/C13H12ClN3OS/c1-9-7-12(14)16-13(15-9)19-8-11(17-18)10-5-3-2-4-6-10/h2-7,18H,8H2,1H3/b17-11-. The minimum atomic E-state index is 0.414. The van der Waals surface area contributed by atoms with Crippen molar-refractivity contribution < 1.29 is 5.21 Å². The highest BCUT2D eigenvalue weighted by molar-refractivity contribution is 7.99. The third kappa shape index (κ3) is 3.94. The fraction of sp³-hybridized carbons (Fsp3) is 0.154. The van der Waals surface area contributed by atoms with Crippen LogP contribution in [0, 0.1) is 6.92 Å². The maximum Gasteiger partial charge on any atom is 0.189 e. The van der Waals surface area contributed by atoms with Crippen LogP contribution in [-0.4, -0.2) is 26.6 Å². The van der Waals surface area contributed by atoms with E-state index < -0.39 is 0 Å². The maximum absolute atomic E-state index is 9.07. The molecule has 0 aliphatic rings. The molecule has 1 aromatic heterocycles. The molecule has 0 aliphatic heterocycles. The Morgan fingerprint density at radius 3 is 2.68 bits per heavy atom. The lowest BCUT2D eigenvalue weighted by Crippen LogP contribution is -2.05. The fourth-order valence-electron chi connectivity index (χ4n) is 1.50. The first-order chi connectivity index (χ1) is 9.19. The number of nitrogens with zero attached hydrogens (tertiary/aromatic N) is 3. The van der Waals surface area contributed by atoms with Crippen molar-refractivity contribution in [2.75, 3.05) is 5.75 Å². The molecule has 98 valence electrons. The Labute approximate surface area is 120 Å². The van der Waals surface area contributed by atoms with Gasteiger partial charge in [-0.15, -0.1) is 0 Å². The molecule has 0 radical (unpaired) electrons. The molecule has 4 nitrogen and oxygen atoms in total. The van der Waals surface area contributed by atoms with Gasteiger partial charge in [-0.1, -0.05) is 58.9 Å². The van der Waals surface area contributed by atoms with Gasteiger partial charge in [0, 0.05) is 17.0 Å². The van der Waals surface area contributed by atoms with Crippen LogP contribution >= 0.6 is 23.4 Å². The van der Waals surface area contributed by atoms with Crippen molar-refractivity contribution in [1.29, 1.82) is 0 Å². The van der Waals surface area contributed by atoms with Crippen LogP contribution in [0.15, 0.2) is 46.7 Å². The van der Waals surface area contributed by atoms with Crippen molar-refractivity contribution in [3.8, 4) is 0 Å². The van der Waals surface area contributed by atoms with E-state index in [9.17, 15) is 0 Å². The number of hydrogen-bond donors (Lipinski definition) is 1. The summed E-state index contributed by atoms with van der Waals surface area (Å²) in [5, 5.41) is 13.4. The number of hydrogen-bond acceptors (Lipinski definition) is 5. The summed E-state index contributed by atoms with van der Waals surface area (Å²) in [7, 11) is 0. The van der Waals surface area contributed by atoms with Crippen LogP contribution in [0.5, 0.6) is 0 Å². The number of thioether (sulfide) groups is 1. The summed E-state index contributed by atoms with van der Waals surface area (Å²) in [5.74, 6) is 0.473. The molecule has 0 atom stereocenters. The van der Waals surface area contributed by atoms with Gasteiger partial charge >= 0.3 is 0 Å². The molecule has 0 unspecified atom stereocenters. The summed E-state index contributed by atoms with van der Waals surface area (Å²) in [6.07, 6.45) is 0. The van der Waals surface area contributed by atoms with E-state index in [4.69, 9.17) is 16.8 Å². The van der Waals surface area contributed by atoms with Gasteiger partial charge in [0.2, 0.25) is 0 Å². The Hall–Kier alpha value is -1.59. The summed E-state index contributed by atoms with van der Waals surface area (Å²) in [6.45, 7) is 1.86. The molecule has 6 heteroatoms. The van der Waals surface area contributed by atoms with Crippen molar-refractivity contribution >= 4 is 29.1 Å². The van der Waals surface area contributed by atoms with Crippen LogP contribution in [0.4, 0.5) is 0 Å². The number of benzene rings is 1. The summed E-state index contributed by atoms with van der Waals surface area (Å²) in [6, 6.07) is 11.2. The van der Waals surface area contributed by atoms with Crippen LogP contribution in [0.25, 0.3) is 0 Å². The van der Waals surface area contributed by atoms with E-state index >= 15 is 0 Å². The molecule has 0 amide bonds. The second-order valence-electron chi connectivity index (χ2n) is 3.82. The predicted octanol–water partition coefficient (Wildman–Crippen LogP) is 3.41. The van der Waals surface area contributed by atoms with Crippen molar-refractivity contribution in [1.82, 2.24) is 9.97 Å². The molecule has 0 aliphatic carbocycles. The molecule has 0 saturated heterocycles. The molecule has 1 N–H and O–H groups in total. The van der Waals surface area contributed by atoms with Crippen LogP contribution in [0.2, 0.25) is 5.15 Å². The molecule has 0 bridgehead atoms. The molecule has 1 aromatic carbocycles. The van der Waals surface area contributed by atoms with Gasteiger partial charge in [-0.3, -0.25) is 0 Å². The monoisotopic (exact) mass is 293 g/mol. The van der Waals surface area contributed by atoms with E-state index in [1.54, 1.807) is 6.07 Å². The molecule has 19 heavy (non-hydrogen) atoms. The zero-order chi connectivity index (χ0) is 13.7. The molecular weight excluding hydrogens is 282 g/mol. The number of halogens is 1. The SMILES string of the molecule is Cc1cc(Cl)nc(SC/C(=N/O)c2ccccc2)n1. The van der Waals surface area contributed by atoms with E-state index in [-0.39, 0.29) is 0 Å². The average molecular weight is 294 g/mol. The zero-order valence-corrected chi connectivity index (χ0v) is 11.8. The third-order valence-corrected chi connectivity index (χ3v) is 3.42. The van der Waals surface area contributed by atoms with Crippen LogP contribution in [-0.2, 0) is 0 Å². The predicted molar refractivity (Wildman–Crippen MR) is 77.3 cm³/mol. The molecule has 0 saturated carbocycles. The quantitative estimate of drug-likeness (QED) is 0.234. The fourth-order valence-corrected chi connectivity index (χ4v) is 2.65. The Morgan fingerprint density at radius 1 is 1.32 bits per heavy atom. The van der Waals surface area contributed by atoms with Crippen molar-refractivity contribution in [2.45, 2.75) is 12.1 Å². The first-order valence-corrected chi connectivity index (χ1v) is 6.95. The largest absolute Gasteiger partial charge is 0.411 e. The van der Waals surface area contributed by atoms with E-state index in [1.807, 2.05) is 37.3 Å². The van der Waals surface area contributed by atoms with Gasteiger partial charge in [0.05, 0.1) is 5.71 Å². The van der Waals surface area contributed by atoms with Gasteiger partial charge in [-0.2, -0.15) is 0 Å². The minimum absolute atomic E-state index is 0.414. The summed E-state index contributed by atoms with van der Waals surface area (Å²) in [4.78, 5) is 8.38. The van der Waals surface area contributed by atoms with Crippen molar-refractivity contribution in [3.63, 3.8) is 0 Å². The Morgan fingerprint density at radius 2 is 2.05 bits per heavy atom. The lowest BCUT2D eigenvalue weighted by molar-refractivity contribution is 0.319. The van der Waals surface area contributed by atoms with Crippen molar-refractivity contribution in [2.24, 2.45) is 5.16 Å². The number of rotatable bonds is 4. The molecule has 0 fully saturated rings. The van der Waals surface area contributed by atoms with Crippen LogP contribution in [0.1, 0.15) is 11.3 Å². The second kappa shape index (κ2) is 6.54. The van der Waals surface area contributed by atoms with Gasteiger partial charge in [0.1, 0.15) is 5.15 Å². The summed E-state index contributed by atoms with van der Waals surface area (Å²) in [5.41, 5.74) is 2.26. The zero-order valence-electron chi connectivity index (χ0n) is 10.2. The van der Waals surface area contributed by atoms with E-state index in [0.717, 1.165) is 11.3 Å². The van der Waals surface area contributed by atoms with Crippen LogP contribution < -0.4 is 0 Å². The minimum Gasteiger partial charge on any atom is -0.411 e. The van der Waals surface area contributed by atoms with Gasteiger partial charge in [-0.25, -0.2) is 9.97 Å². The smallest absolute Gasteiger partial charge is 0.189 e. The summed E-state index contributed by atoms with van der Waals surface area (Å²) >= 11 is 7.25. The van der Waals surface area contributed by atoms with Crippen molar-refractivity contribution in [3.05, 3.63) is 52.8 Å². The Balaban J connectivity index is 2.09. The van der Waals surface area contributed by atoms with Crippen LogP contribution in [0.3, 0.4) is 0 Å². The second-order valence-corrected chi connectivity index (χ2v) is 5.15. The number of oxime groups is 1. The molecular formula is C13H12ClN3OS. The van der Waals surface area contributed by atoms with Gasteiger partial charge < -0.3 is 5.21 Å². The van der Waals surface area contributed by atoms with Gasteiger partial charge in [0.25, 0.3) is 0 Å². The molecule has 2 rings (SSSR count). The van der Waals surface area contributed by atoms with E-state index in [2.05, 4.69) is 15.1 Å². The first-order valence-electron chi connectivity index (χ1n) is 5.59. The van der Waals surface area contributed by atoms with E-state index in [0.29, 0.717) is 21.8 Å². The highest BCUT2D eigenvalue weighted by Crippen LogP contribution is 2.18. The molecule has 1 heterocycles. The Bertz CT molecular complexity index is 569.